The molecular formula is C9H16F2O. The van der Waals surface area contributed by atoms with Crippen LogP contribution in [0.2, 0.25) is 0 Å². The van der Waals surface area contributed by atoms with Gasteiger partial charge < -0.3 is 5.11 Å². The van der Waals surface area contributed by atoms with Gasteiger partial charge in [-0.05, 0) is 32.1 Å². The topological polar surface area (TPSA) is 20.2 Å². The van der Waals surface area contributed by atoms with Gasteiger partial charge >= 0.3 is 0 Å². The van der Waals surface area contributed by atoms with Crippen molar-refractivity contribution in [1.29, 1.82) is 0 Å². The Morgan fingerprint density at radius 3 is 2.33 bits per heavy atom. The van der Waals surface area contributed by atoms with Gasteiger partial charge in [-0.3, -0.25) is 0 Å². The number of halogens is 2. The van der Waals surface area contributed by atoms with Gasteiger partial charge in [-0.15, -0.1) is 0 Å². The Morgan fingerprint density at radius 1 is 1.42 bits per heavy atom. The summed E-state index contributed by atoms with van der Waals surface area (Å²) in [6, 6.07) is 0. The predicted molar refractivity (Wildman–Crippen MR) is 43.2 cm³/mol. The van der Waals surface area contributed by atoms with E-state index in [1.807, 2.05) is 0 Å². The van der Waals surface area contributed by atoms with Gasteiger partial charge in [-0.25, -0.2) is 8.78 Å². The molecule has 3 heteroatoms. The molecule has 0 aromatic carbocycles. The first-order chi connectivity index (χ1) is 5.49. The summed E-state index contributed by atoms with van der Waals surface area (Å²) in [4.78, 5) is 0. The van der Waals surface area contributed by atoms with Crippen molar-refractivity contribution in [2.45, 2.75) is 51.1 Å². The summed E-state index contributed by atoms with van der Waals surface area (Å²) in [7, 11) is 0. The molecule has 1 atom stereocenters. The first kappa shape index (κ1) is 9.90. The second kappa shape index (κ2) is 3.69. The standard InChI is InChI=1S/C9H16F2O/c1-7(12)6-8-2-4-9(10,11)5-3-8/h7-8,12H,2-6H2,1H3/t7-/m0/s1. The van der Waals surface area contributed by atoms with E-state index in [2.05, 4.69) is 0 Å². The van der Waals surface area contributed by atoms with E-state index in [-0.39, 0.29) is 18.9 Å². The number of aliphatic hydroxyl groups excluding tert-OH is 1. The molecule has 1 nitrogen and oxygen atoms in total. The van der Waals surface area contributed by atoms with Gasteiger partial charge in [0.25, 0.3) is 0 Å². The van der Waals surface area contributed by atoms with E-state index in [0.29, 0.717) is 25.2 Å². The molecule has 0 saturated heterocycles. The molecule has 12 heavy (non-hydrogen) atoms. The fourth-order valence-electron chi connectivity index (χ4n) is 1.82. The van der Waals surface area contributed by atoms with Crippen molar-refractivity contribution in [2.75, 3.05) is 0 Å². The van der Waals surface area contributed by atoms with E-state index >= 15 is 0 Å². The van der Waals surface area contributed by atoms with E-state index < -0.39 is 5.92 Å². The minimum absolute atomic E-state index is 0.00435. The number of rotatable bonds is 2. The van der Waals surface area contributed by atoms with Gasteiger partial charge in [-0.1, -0.05) is 0 Å². The summed E-state index contributed by atoms with van der Waals surface area (Å²) in [5.41, 5.74) is 0. The van der Waals surface area contributed by atoms with Crippen LogP contribution in [0.4, 0.5) is 8.78 Å². The van der Waals surface area contributed by atoms with Crippen molar-refractivity contribution < 1.29 is 13.9 Å². The third-order valence-electron chi connectivity index (χ3n) is 2.51. The Bertz CT molecular complexity index is 135. The molecule has 0 spiro atoms. The Balaban J connectivity index is 2.27. The first-order valence-corrected chi connectivity index (χ1v) is 4.55. The van der Waals surface area contributed by atoms with Gasteiger partial charge in [0.1, 0.15) is 0 Å². The van der Waals surface area contributed by atoms with Crippen molar-refractivity contribution in [2.24, 2.45) is 5.92 Å². The summed E-state index contributed by atoms with van der Waals surface area (Å²) in [5.74, 6) is -2.13. The fourth-order valence-corrected chi connectivity index (χ4v) is 1.82. The van der Waals surface area contributed by atoms with Gasteiger partial charge in [0.05, 0.1) is 6.10 Å². The maximum Gasteiger partial charge on any atom is 0.248 e. The highest BCUT2D eigenvalue weighted by molar-refractivity contribution is 4.78. The second-order valence-electron chi connectivity index (χ2n) is 3.88. The second-order valence-corrected chi connectivity index (χ2v) is 3.88. The highest BCUT2D eigenvalue weighted by Crippen LogP contribution is 2.37. The molecule has 0 unspecified atom stereocenters. The highest BCUT2D eigenvalue weighted by Gasteiger charge is 2.34. The maximum absolute atomic E-state index is 12.7. The van der Waals surface area contributed by atoms with Crippen LogP contribution in [0.15, 0.2) is 0 Å². The van der Waals surface area contributed by atoms with Crippen LogP contribution in [0.1, 0.15) is 39.0 Å². The fraction of sp³-hybridized carbons (Fsp3) is 1.00. The van der Waals surface area contributed by atoms with Crippen LogP contribution in [-0.2, 0) is 0 Å². The molecule has 0 bridgehead atoms. The monoisotopic (exact) mass is 178 g/mol. The third-order valence-corrected chi connectivity index (χ3v) is 2.51. The molecule has 0 aliphatic heterocycles. The maximum atomic E-state index is 12.7. The Labute approximate surface area is 71.8 Å². The van der Waals surface area contributed by atoms with E-state index in [4.69, 9.17) is 5.11 Å². The summed E-state index contributed by atoms with van der Waals surface area (Å²) in [5, 5.41) is 9.05. The number of alkyl halides is 2. The van der Waals surface area contributed by atoms with Crippen molar-refractivity contribution in [3.05, 3.63) is 0 Å². The zero-order valence-electron chi connectivity index (χ0n) is 7.39. The Hall–Kier alpha value is -0.180. The van der Waals surface area contributed by atoms with E-state index in [1.165, 1.54) is 0 Å². The Morgan fingerprint density at radius 2 is 1.92 bits per heavy atom. The lowest BCUT2D eigenvalue weighted by atomic mass is 9.84. The summed E-state index contributed by atoms with van der Waals surface area (Å²) >= 11 is 0. The van der Waals surface area contributed by atoms with E-state index in [9.17, 15) is 8.78 Å². The van der Waals surface area contributed by atoms with Crippen LogP contribution in [0.25, 0.3) is 0 Å². The smallest absolute Gasteiger partial charge is 0.248 e. The molecular weight excluding hydrogens is 162 g/mol. The largest absolute Gasteiger partial charge is 0.393 e. The van der Waals surface area contributed by atoms with E-state index in [1.54, 1.807) is 6.92 Å². The lowest BCUT2D eigenvalue weighted by molar-refractivity contribution is -0.0499. The van der Waals surface area contributed by atoms with Crippen molar-refractivity contribution >= 4 is 0 Å². The average Bonchev–Trinajstić information content (AvgIpc) is 1.93. The minimum atomic E-state index is -2.44. The summed E-state index contributed by atoms with van der Waals surface area (Å²) in [6.07, 6.45) is 1.47. The lowest BCUT2D eigenvalue weighted by Gasteiger charge is -2.28. The van der Waals surface area contributed by atoms with Crippen LogP contribution in [0.3, 0.4) is 0 Å². The molecule has 0 heterocycles. The summed E-state index contributed by atoms with van der Waals surface area (Å²) < 4.78 is 25.3. The molecule has 0 aromatic heterocycles. The number of hydrogen-bond donors (Lipinski definition) is 1. The SMILES string of the molecule is C[C@H](O)CC1CCC(F)(F)CC1. The molecule has 1 rings (SSSR count). The zero-order chi connectivity index (χ0) is 9.19. The minimum Gasteiger partial charge on any atom is -0.393 e. The zero-order valence-corrected chi connectivity index (χ0v) is 7.39. The van der Waals surface area contributed by atoms with Crippen molar-refractivity contribution in [3.63, 3.8) is 0 Å². The molecule has 1 N–H and O–H groups in total. The average molecular weight is 178 g/mol. The molecule has 1 fully saturated rings. The third kappa shape index (κ3) is 3.05. The highest BCUT2D eigenvalue weighted by atomic mass is 19.3. The van der Waals surface area contributed by atoms with Gasteiger partial charge in [0.2, 0.25) is 5.92 Å². The normalized spacial score (nSPS) is 27.0. The lowest BCUT2D eigenvalue weighted by Crippen LogP contribution is -2.26. The molecule has 1 saturated carbocycles. The molecule has 1 aliphatic carbocycles. The predicted octanol–water partition coefficient (Wildman–Crippen LogP) is 2.58. The van der Waals surface area contributed by atoms with Crippen molar-refractivity contribution in [1.82, 2.24) is 0 Å². The van der Waals surface area contributed by atoms with Crippen LogP contribution in [0, 0.1) is 5.92 Å². The van der Waals surface area contributed by atoms with Gasteiger partial charge in [0, 0.05) is 12.8 Å². The first-order valence-electron chi connectivity index (χ1n) is 4.55. The van der Waals surface area contributed by atoms with Gasteiger partial charge in [0.15, 0.2) is 0 Å². The molecule has 0 aromatic rings. The van der Waals surface area contributed by atoms with Gasteiger partial charge in [-0.2, -0.15) is 0 Å². The Kier molecular flexibility index (Phi) is 3.04. The van der Waals surface area contributed by atoms with E-state index in [0.717, 1.165) is 0 Å². The van der Waals surface area contributed by atoms with Crippen LogP contribution in [0.5, 0.6) is 0 Å². The number of aliphatic hydroxyl groups is 1. The van der Waals surface area contributed by atoms with Crippen molar-refractivity contribution in [3.8, 4) is 0 Å². The number of hydrogen-bond acceptors (Lipinski definition) is 1. The summed E-state index contributed by atoms with van der Waals surface area (Å²) in [6.45, 7) is 1.72. The van der Waals surface area contributed by atoms with Crippen LogP contribution in [-0.4, -0.2) is 17.1 Å². The quantitative estimate of drug-likeness (QED) is 0.689. The molecule has 0 amide bonds. The molecule has 72 valence electrons. The molecule has 1 aliphatic rings. The van der Waals surface area contributed by atoms with Crippen LogP contribution < -0.4 is 0 Å². The van der Waals surface area contributed by atoms with Crippen LogP contribution >= 0.6 is 0 Å². The molecule has 0 radical (unpaired) electrons.